The molecule has 0 saturated carbocycles. The van der Waals surface area contributed by atoms with Crippen molar-refractivity contribution in [3.63, 3.8) is 0 Å². The third-order valence-corrected chi connectivity index (χ3v) is 2.51. The van der Waals surface area contributed by atoms with Crippen LogP contribution in [0.5, 0.6) is 0 Å². The van der Waals surface area contributed by atoms with Crippen molar-refractivity contribution in [2.75, 3.05) is 0 Å². The molecule has 0 heteroatoms. The lowest BCUT2D eigenvalue weighted by Gasteiger charge is -2.01. The molecule has 0 fully saturated rings. The van der Waals surface area contributed by atoms with Crippen LogP contribution in [0.1, 0.15) is 65.2 Å². The summed E-state index contributed by atoms with van der Waals surface area (Å²) >= 11 is 0. The maximum Gasteiger partial charge on any atom is -0.0283 e. The molecule has 0 nitrogen and oxygen atoms in total. The van der Waals surface area contributed by atoms with Crippen molar-refractivity contribution in [2.45, 2.75) is 65.2 Å². The van der Waals surface area contributed by atoms with Gasteiger partial charge >= 0.3 is 0 Å². The first-order chi connectivity index (χ1) is 6.31. The van der Waals surface area contributed by atoms with Crippen LogP contribution in [0.4, 0.5) is 0 Å². The first-order valence-electron chi connectivity index (χ1n) is 5.78. The van der Waals surface area contributed by atoms with E-state index in [9.17, 15) is 0 Å². The number of hydrogen-bond donors (Lipinski definition) is 0. The Morgan fingerprint density at radius 1 is 1.00 bits per heavy atom. The Hall–Kier alpha value is -0.260. The minimum absolute atomic E-state index is 1.20. The zero-order valence-electron chi connectivity index (χ0n) is 9.44. The molecule has 0 spiro atoms. The quantitative estimate of drug-likeness (QED) is 0.467. The zero-order valence-corrected chi connectivity index (χ0v) is 9.44. The van der Waals surface area contributed by atoms with Gasteiger partial charge in [-0.25, -0.2) is 0 Å². The van der Waals surface area contributed by atoms with E-state index in [2.05, 4.69) is 26.8 Å². The standard InChI is InChI=1S/C13H25/c1-4-6-7-8-9-10-11-12-13(3)5-2/h5H,3-4,6-12H2,1-2H3/b13-5-. The van der Waals surface area contributed by atoms with E-state index in [0.29, 0.717) is 0 Å². The molecule has 0 heterocycles. The number of allylic oxidation sites excluding steroid dienone is 2. The van der Waals surface area contributed by atoms with Gasteiger partial charge in [-0.05, 0) is 26.7 Å². The molecule has 0 aliphatic rings. The summed E-state index contributed by atoms with van der Waals surface area (Å²) in [6.07, 6.45) is 13.1. The highest BCUT2D eigenvalue weighted by Crippen LogP contribution is 2.11. The highest BCUT2D eigenvalue weighted by atomic mass is 14.0. The van der Waals surface area contributed by atoms with Gasteiger partial charge in [-0.15, -0.1) is 0 Å². The minimum atomic E-state index is 1.20. The molecule has 77 valence electrons. The maximum atomic E-state index is 3.96. The predicted octanol–water partition coefficient (Wildman–Crippen LogP) is 4.91. The Bertz CT molecular complexity index is 122. The topological polar surface area (TPSA) is 0 Å². The minimum Gasteiger partial charge on any atom is -0.0884 e. The van der Waals surface area contributed by atoms with Gasteiger partial charge in [0, 0.05) is 0 Å². The second-order valence-electron chi connectivity index (χ2n) is 3.82. The van der Waals surface area contributed by atoms with Crippen molar-refractivity contribution >= 4 is 0 Å². The molecular formula is C13H25. The Balaban J connectivity index is 3.00. The van der Waals surface area contributed by atoms with Crippen LogP contribution in [-0.2, 0) is 0 Å². The molecule has 0 amide bonds. The molecule has 0 aliphatic heterocycles. The van der Waals surface area contributed by atoms with E-state index in [4.69, 9.17) is 0 Å². The van der Waals surface area contributed by atoms with Crippen molar-refractivity contribution in [1.82, 2.24) is 0 Å². The third kappa shape index (κ3) is 9.66. The summed E-state index contributed by atoms with van der Waals surface area (Å²) in [6.45, 7) is 8.30. The van der Waals surface area contributed by atoms with Gasteiger partial charge < -0.3 is 0 Å². The summed E-state index contributed by atoms with van der Waals surface area (Å²) in [4.78, 5) is 0. The second kappa shape index (κ2) is 9.83. The van der Waals surface area contributed by atoms with Crippen LogP contribution < -0.4 is 0 Å². The number of rotatable bonds is 8. The van der Waals surface area contributed by atoms with Crippen molar-refractivity contribution in [3.05, 3.63) is 18.6 Å². The maximum absolute atomic E-state index is 3.96. The predicted molar refractivity (Wildman–Crippen MR) is 61.7 cm³/mol. The van der Waals surface area contributed by atoms with E-state index in [1.54, 1.807) is 0 Å². The zero-order chi connectivity index (χ0) is 9.94. The lowest BCUT2D eigenvalue weighted by molar-refractivity contribution is 0.589. The Morgan fingerprint density at radius 2 is 1.54 bits per heavy atom. The van der Waals surface area contributed by atoms with Gasteiger partial charge in [-0.2, -0.15) is 0 Å². The Morgan fingerprint density at radius 3 is 2.08 bits per heavy atom. The van der Waals surface area contributed by atoms with Gasteiger partial charge in [0.25, 0.3) is 0 Å². The third-order valence-electron chi connectivity index (χ3n) is 2.51. The van der Waals surface area contributed by atoms with Crippen LogP contribution in [0.25, 0.3) is 0 Å². The first-order valence-corrected chi connectivity index (χ1v) is 5.78. The fourth-order valence-corrected chi connectivity index (χ4v) is 1.45. The largest absolute Gasteiger partial charge is 0.0884 e. The molecule has 0 atom stereocenters. The van der Waals surface area contributed by atoms with Gasteiger partial charge in [0.05, 0.1) is 0 Å². The second-order valence-corrected chi connectivity index (χ2v) is 3.82. The van der Waals surface area contributed by atoms with E-state index in [1.165, 1.54) is 56.9 Å². The van der Waals surface area contributed by atoms with E-state index in [1.807, 2.05) is 0 Å². The average molecular weight is 181 g/mol. The number of unbranched alkanes of at least 4 members (excludes halogenated alkanes) is 6. The summed E-state index contributed by atoms with van der Waals surface area (Å²) in [5, 5.41) is 0. The molecule has 13 heavy (non-hydrogen) atoms. The highest BCUT2D eigenvalue weighted by Gasteiger charge is 1.91. The summed E-state index contributed by atoms with van der Waals surface area (Å²) in [5.74, 6) is 0. The number of hydrogen-bond acceptors (Lipinski definition) is 0. The summed E-state index contributed by atoms with van der Waals surface area (Å²) in [7, 11) is 0. The molecule has 0 aromatic carbocycles. The van der Waals surface area contributed by atoms with Crippen molar-refractivity contribution in [3.8, 4) is 0 Å². The summed E-state index contributed by atoms with van der Waals surface area (Å²) < 4.78 is 0. The smallest absolute Gasteiger partial charge is 0.0283 e. The van der Waals surface area contributed by atoms with Crippen LogP contribution >= 0.6 is 0 Å². The monoisotopic (exact) mass is 181 g/mol. The highest BCUT2D eigenvalue weighted by molar-refractivity contribution is 5.02. The van der Waals surface area contributed by atoms with E-state index in [-0.39, 0.29) is 0 Å². The van der Waals surface area contributed by atoms with Gasteiger partial charge in [0.2, 0.25) is 0 Å². The van der Waals surface area contributed by atoms with Gasteiger partial charge in [0.1, 0.15) is 0 Å². The van der Waals surface area contributed by atoms with Crippen LogP contribution in [0, 0.1) is 6.92 Å². The molecular weight excluding hydrogens is 156 g/mol. The molecule has 0 N–H and O–H groups in total. The average Bonchev–Trinajstić information content (AvgIpc) is 2.16. The van der Waals surface area contributed by atoms with E-state index < -0.39 is 0 Å². The molecule has 0 unspecified atom stereocenters. The SMILES string of the molecule is [CH2]/C(=C/C)CCCCCCCCC. The Labute approximate surface area is 84.4 Å². The molecule has 0 rings (SSSR count). The first kappa shape index (κ1) is 12.7. The fourth-order valence-electron chi connectivity index (χ4n) is 1.45. The van der Waals surface area contributed by atoms with Crippen LogP contribution in [-0.4, -0.2) is 0 Å². The lowest BCUT2D eigenvalue weighted by Crippen LogP contribution is -1.81. The molecule has 0 aromatic heterocycles. The fraction of sp³-hybridized carbons (Fsp3) is 0.769. The lowest BCUT2D eigenvalue weighted by atomic mass is 10.1. The normalized spacial score (nSPS) is 12.1. The molecule has 0 aliphatic carbocycles. The van der Waals surface area contributed by atoms with Gasteiger partial charge in [-0.3, -0.25) is 0 Å². The van der Waals surface area contributed by atoms with Crippen LogP contribution in [0.2, 0.25) is 0 Å². The molecule has 0 bridgehead atoms. The Kier molecular flexibility index (Phi) is 9.63. The summed E-state index contributed by atoms with van der Waals surface area (Å²) in [5.41, 5.74) is 1.30. The van der Waals surface area contributed by atoms with Gasteiger partial charge in [-0.1, -0.05) is 57.1 Å². The van der Waals surface area contributed by atoms with Crippen LogP contribution in [0.15, 0.2) is 11.6 Å². The molecule has 0 aromatic rings. The van der Waals surface area contributed by atoms with Crippen molar-refractivity contribution < 1.29 is 0 Å². The van der Waals surface area contributed by atoms with E-state index in [0.717, 1.165) is 0 Å². The van der Waals surface area contributed by atoms with E-state index >= 15 is 0 Å². The van der Waals surface area contributed by atoms with Crippen molar-refractivity contribution in [2.24, 2.45) is 0 Å². The van der Waals surface area contributed by atoms with Gasteiger partial charge in [0.15, 0.2) is 0 Å². The van der Waals surface area contributed by atoms with Crippen LogP contribution in [0.3, 0.4) is 0 Å². The summed E-state index contributed by atoms with van der Waals surface area (Å²) in [6, 6.07) is 0. The molecule has 0 saturated heterocycles. The van der Waals surface area contributed by atoms with Crippen molar-refractivity contribution in [1.29, 1.82) is 0 Å². The molecule has 1 radical (unpaired) electrons.